The molecule has 2 nitrogen and oxygen atoms in total. The van der Waals surface area contributed by atoms with Gasteiger partial charge in [0, 0.05) is 17.8 Å². The highest BCUT2D eigenvalue weighted by Gasteiger charge is 2.11. The van der Waals surface area contributed by atoms with Gasteiger partial charge in [0.1, 0.15) is 5.82 Å². The van der Waals surface area contributed by atoms with E-state index in [1.54, 1.807) is 12.1 Å². The molecular formula is C13H19FN2. The molecule has 2 rings (SSSR count). The van der Waals surface area contributed by atoms with Gasteiger partial charge in [0.15, 0.2) is 0 Å². The molecule has 1 fully saturated rings. The molecule has 0 aliphatic carbocycles. The van der Waals surface area contributed by atoms with Crippen LogP contribution < -0.4 is 5.73 Å². The van der Waals surface area contributed by atoms with E-state index in [9.17, 15) is 4.39 Å². The largest absolute Gasteiger partial charge is 0.399 e. The Kier molecular flexibility index (Phi) is 3.78. The maximum Gasteiger partial charge on any atom is 0.127 e. The molecule has 1 heterocycles. The number of halogens is 1. The summed E-state index contributed by atoms with van der Waals surface area (Å²) < 4.78 is 13.5. The molecule has 88 valence electrons. The fraction of sp³-hybridized carbons (Fsp3) is 0.538. The Morgan fingerprint density at radius 2 is 1.81 bits per heavy atom. The van der Waals surface area contributed by atoms with Gasteiger partial charge in [0.05, 0.1) is 0 Å². The first-order valence-corrected chi connectivity index (χ1v) is 6.02. The molecule has 1 aromatic carbocycles. The molecule has 0 aromatic heterocycles. The number of rotatable bonds is 2. The van der Waals surface area contributed by atoms with Crippen LogP contribution in [-0.4, -0.2) is 18.0 Å². The first kappa shape index (κ1) is 11.4. The summed E-state index contributed by atoms with van der Waals surface area (Å²) in [5.74, 6) is -0.140. The van der Waals surface area contributed by atoms with Crippen molar-refractivity contribution < 1.29 is 4.39 Å². The molecule has 1 aliphatic rings. The molecule has 0 radical (unpaired) electrons. The number of nitrogens with two attached hydrogens (primary N) is 1. The van der Waals surface area contributed by atoms with Gasteiger partial charge < -0.3 is 5.73 Å². The number of anilines is 1. The second-order valence-electron chi connectivity index (χ2n) is 4.54. The fourth-order valence-corrected chi connectivity index (χ4v) is 2.25. The Labute approximate surface area is 96.2 Å². The van der Waals surface area contributed by atoms with E-state index in [1.165, 1.54) is 31.7 Å². The van der Waals surface area contributed by atoms with Gasteiger partial charge in [0.2, 0.25) is 0 Å². The van der Waals surface area contributed by atoms with Gasteiger partial charge in [-0.1, -0.05) is 12.8 Å². The van der Waals surface area contributed by atoms with Crippen LogP contribution in [0.2, 0.25) is 0 Å². The summed E-state index contributed by atoms with van der Waals surface area (Å²) in [6.07, 6.45) is 5.06. The van der Waals surface area contributed by atoms with Crippen molar-refractivity contribution in [3.05, 3.63) is 29.6 Å². The van der Waals surface area contributed by atoms with Crippen LogP contribution >= 0.6 is 0 Å². The Morgan fingerprint density at radius 1 is 1.12 bits per heavy atom. The van der Waals surface area contributed by atoms with Crippen LogP contribution in [0.1, 0.15) is 31.2 Å². The summed E-state index contributed by atoms with van der Waals surface area (Å²) in [5.41, 5.74) is 7.05. The van der Waals surface area contributed by atoms with Crippen molar-refractivity contribution >= 4 is 5.69 Å². The molecule has 0 unspecified atom stereocenters. The zero-order valence-corrected chi connectivity index (χ0v) is 9.58. The summed E-state index contributed by atoms with van der Waals surface area (Å²) in [6, 6.07) is 4.82. The van der Waals surface area contributed by atoms with E-state index in [4.69, 9.17) is 5.73 Å². The van der Waals surface area contributed by atoms with Crippen molar-refractivity contribution in [3.63, 3.8) is 0 Å². The summed E-state index contributed by atoms with van der Waals surface area (Å²) in [7, 11) is 0. The number of benzene rings is 1. The maximum absolute atomic E-state index is 13.5. The Balaban J connectivity index is 2.04. The predicted molar refractivity (Wildman–Crippen MR) is 64.6 cm³/mol. The van der Waals surface area contributed by atoms with Crippen LogP contribution in [0.4, 0.5) is 10.1 Å². The van der Waals surface area contributed by atoms with E-state index in [-0.39, 0.29) is 5.82 Å². The number of nitrogen functional groups attached to an aromatic ring is 1. The molecule has 1 aromatic rings. The quantitative estimate of drug-likeness (QED) is 0.780. The molecule has 0 saturated carbocycles. The molecule has 0 atom stereocenters. The van der Waals surface area contributed by atoms with E-state index >= 15 is 0 Å². The number of likely N-dealkylation sites (tertiary alicyclic amines) is 1. The maximum atomic E-state index is 13.5. The van der Waals surface area contributed by atoms with Gasteiger partial charge in [-0.25, -0.2) is 4.39 Å². The third kappa shape index (κ3) is 2.95. The minimum absolute atomic E-state index is 0.140. The zero-order chi connectivity index (χ0) is 11.4. The minimum Gasteiger partial charge on any atom is -0.399 e. The monoisotopic (exact) mass is 222 g/mol. The molecule has 2 N–H and O–H groups in total. The van der Waals surface area contributed by atoms with Crippen molar-refractivity contribution in [1.29, 1.82) is 0 Å². The Bertz CT molecular complexity index is 344. The fourth-order valence-electron chi connectivity index (χ4n) is 2.25. The smallest absolute Gasteiger partial charge is 0.127 e. The normalized spacial score (nSPS) is 18.3. The van der Waals surface area contributed by atoms with Gasteiger partial charge in [-0.2, -0.15) is 0 Å². The van der Waals surface area contributed by atoms with E-state index < -0.39 is 0 Å². The topological polar surface area (TPSA) is 29.3 Å². The van der Waals surface area contributed by atoms with Crippen molar-refractivity contribution in [2.45, 2.75) is 32.2 Å². The van der Waals surface area contributed by atoms with E-state index in [2.05, 4.69) is 4.90 Å². The van der Waals surface area contributed by atoms with Crippen LogP contribution in [-0.2, 0) is 6.54 Å². The van der Waals surface area contributed by atoms with Gasteiger partial charge in [-0.05, 0) is 44.1 Å². The molecule has 3 heteroatoms. The molecule has 0 amide bonds. The minimum atomic E-state index is -0.140. The van der Waals surface area contributed by atoms with Gasteiger partial charge in [-0.3, -0.25) is 4.90 Å². The number of hydrogen-bond acceptors (Lipinski definition) is 2. The molecule has 0 bridgehead atoms. The lowest BCUT2D eigenvalue weighted by molar-refractivity contribution is 0.273. The standard InChI is InChI=1S/C13H19FN2/c14-13-6-5-12(15)9-11(13)10-16-7-3-1-2-4-8-16/h5-6,9H,1-4,7-8,10,15H2. The van der Waals surface area contributed by atoms with Crippen LogP contribution in [0.15, 0.2) is 18.2 Å². The van der Waals surface area contributed by atoms with Crippen molar-refractivity contribution in [2.24, 2.45) is 0 Å². The average Bonchev–Trinajstić information content (AvgIpc) is 2.52. The lowest BCUT2D eigenvalue weighted by atomic mass is 10.1. The molecule has 0 spiro atoms. The third-order valence-electron chi connectivity index (χ3n) is 3.16. The van der Waals surface area contributed by atoms with Crippen molar-refractivity contribution in [3.8, 4) is 0 Å². The van der Waals surface area contributed by atoms with Crippen LogP contribution in [0.25, 0.3) is 0 Å². The van der Waals surface area contributed by atoms with E-state index in [0.717, 1.165) is 18.7 Å². The molecule has 1 aliphatic heterocycles. The highest BCUT2D eigenvalue weighted by molar-refractivity contribution is 5.41. The SMILES string of the molecule is Nc1ccc(F)c(CN2CCCCCC2)c1. The number of hydrogen-bond donors (Lipinski definition) is 1. The van der Waals surface area contributed by atoms with Crippen LogP contribution in [0.3, 0.4) is 0 Å². The van der Waals surface area contributed by atoms with Gasteiger partial charge >= 0.3 is 0 Å². The zero-order valence-electron chi connectivity index (χ0n) is 9.58. The summed E-state index contributed by atoms with van der Waals surface area (Å²) >= 11 is 0. The first-order chi connectivity index (χ1) is 7.75. The lowest BCUT2D eigenvalue weighted by Crippen LogP contribution is -2.24. The molecular weight excluding hydrogens is 203 g/mol. The molecule has 16 heavy (non-hydrogen) atoms. The Hall–Kier alpha value is -1.09. The second kappa shape index (κ2) is 5.30. The second-order valence-corrected chi connectivity index (χ2v) is 4.54. The van der Waals surface area contributed by atoms with Crippen LogP contribution in [0, 0.1) is 5.82 Å². The van der Waals surface area contributed by atoms with E-state index in [0.29, 0.717) is 12.2 Å². The average molecular weight is 222 g/mol. The van der Waals surface area contributed by atoms with Crippen molar-refractivity contribution in [2.75, 3.05) is 18.8 Å². The van der Waals surface area contributed by atoms with Gasteiger partial charge in [-0.15, -0.1) is 0 Å². The van der Waals surface area contributed by atoms with E-state index in [1.807, 2.05) is 0 Å². The highest BCUT2D eigenvalue weighted by atomic mass is 19.1. The highest BCUT2D eigenvalue weighted by Crippen LogP contribution is 2.17. The van der Waals surface area contributed by atoms with Gasteiger partial charge in [0.25, 0.3) is 0 Å². The van der Waals surface area contributed by atoms with Crippen LogP contribution in [0.5, 0.6) is 0 Å². The summed E-state index contributed by atoms with van der Waals surface area (Å²) in [5, 5.41) is 0. The summed E-state index contributed by atoms with van der Waals surface area (Å²) in [6.45, 7) is 2.85. The third-order valence-corrected chi connectivity index (χ3v) is 3.16. The first-order valence-electron chi connectivity index (χ1n) is 6.02. The number of nitrogens with zero attached hydrogens (tertiary/aromatic N) is 1. The lowest BCUT2D eigenvalue weighted by Gasteiger charge is -2.20. The summed E-state index contributed by atoms with van der Waals surface area (Å²) in [4.78, 5) is 2.32. The predicted octanol–water partition coefficient (Wildman–Crippen LogP) is 2.78. The Morgan fingerprint density at radius 3 is 2.50 bits per heavy atom. The molecule has 1 saturated heterocycles. The van der Waals surface area contributed by atoms with Crippen molar-refractivity contribution in [1.82, 2.24) is 4.90 Å².